The van der Waals surface area contributed by atoms with Crippen molar-refractivity contribution in [3.05, 3.63) is 60.8 Å². The van der Waals surface area contributed by atoms with Crippen molar-refractivity contribution in [3.63, 3.8) is 0 Å². The number of hydrogen-bond donors (Lipinski definition) is 2. The molecule has 0 unspecified atom stereocenters. The molecule has 0 bridgehead atoms. The lowest BCUT2D eigenvalue weighted by Gasteiger charge is -1.98. The van der Waals surface area contributed by atoms with Crippen LogP contribution in [0.3, 0.4) is 0 Å². The molecule has 0 saturated heterocycles. The maximum atomic E-state index is 10.9. The Morgan fingerprint density at radius 1 is 1.04 bits per heavy atom. The maximum Gasteiger partial charge on any atom is 0.305 e. The van der Waals surface area contributed by atoms with Gasteiger partial charge in [0.2, 0.25) is 0 Å². The van der Waals surface area contributed by atoms with E-state index in [9.17, 15) is 15.0 Å². The molecule has 2 atom stereocenters. The van der Waals surface area contributed by atoms with Gasteiger partial charge in [0.05, 0.1) is 13.2 Å². The molecule has 0 aliphatic heterocycles. The van der Waals surface area contributed by atoms with Crippen LogP contribution in [-0.2, 0) is 9.53 Å². The molecule has 0 radical (unpaired) electrons. The van der Waals surface area contributed by atoms with E-state index >= 15 is 0 Å². The van der Waals surface area contributed by atoms with Gasteiger partial charge < -0.3 is 14.9 Å². The van der Waals surface area contributed by atoms with Crippen LogP contribution < -0.4 is 0 Å². The molecule has 0 aromatic rings. The van der Waals surface area contributed by atoms with Crippen LogP contribution in [0.5, 0.6) is 0 Å². The highest BCUT2D eigenvalue weighted by molar-refractivity contribution is 5.69. The largest absolute Gasteiger partial charge is 0.469 e. The summed E-state index contributed by atoms with van der Waals surface area (Å²) in [5.74, 6) is 5.30. The third-order valence-corrected chi connectivity index (χ3v) is 3.36. The van der Waals surface area contributed by atoms with E-state index in [1.54, 1.807) is 24.3 Å². The van der Waals surface area contributed by atoms with Crippen molar-refractivity contribution in [2.75, 3.05) is 7.11 Å². The zero-order valence-corrected chi connectivity index (χ0v) is 16.4. The predicted octanol–water partition coefficient (Wildman–Crippen LogP) is 4.03. The second-order valence-electron chi connectivity index (χ2n) is 5.76. The number of allylic oxidation sites excluding steroid dienone is 7. The van der Waals surface area contributed by atoms with Gasteiger partial charge in [0.15, 0.2) is 0 Å². The molecule has 0 aliphatic rings. The minimum absolute atomic E-state index is 0.203. The molecule has 4 nitrogen and oxygen atoms in total. The van der Waals surface area contributed by atoms with Crippen molar-refractivity contribution in [2.45, 2.75) is 57.7 Å². The van der Waals surface area contributed by atoms with Crippen LogP contribution in [0.25, 0.3) is 0 Å². The number of rotatable bonds is 12. The topological polar surface area (TPSA) is 66.8 Å². The van der Waals surface area contributed by atoms with Crippen LogP contribution >= 0.6 is 0 Å². The SMILES string of the molecule is CC/C=C\C[C@H](O)C#C/C=C/C=C/[C@H](O)C/C=C\C/C=C\CCC(=O)OC. The van der Waals surface area contributed by atoms with Crippen LogP contribution in [0, 0.1) is 11.8 Å². The number of aliphatic hydroxyl groups excluding tert-OH is 2. The van der Waals surface area contributed by atoms with Crippen LogP contribution in [0.2, 0.25) is 0 Å². The molecule has 0 rings (SSSR count). The minimum atomic E-state index is -0.647. The van der Waals surface area contributed by atoms with Gasteiger partial charge in [-0.2, -0.15) is 0 Å². The average Bonchev–Trinajstić information content (AvgIpc) is 2.66. The Bertz CT molecular complexity index is 585. The van der Waals surface area contributed by atoms with E-state index in [4.69, 9.17) is 0 Å². The van der Waals surface area contributed by atoms with Crippen molar-refractivity contribution < 1.29 is 19.7 Å². The molecule has 0 aliphatic carbocycles. The highest BCUT2D eigenvalue weighted by Gasteiger charge is 1.95. The van der Waals surface area contributed by atoms with Crippen molar-refractivity contribution in [1.82, 2.24) is 0 Å². The van der Waals surface area contributed by atoms with Gasteiger partial charge in [0.25, 0.3) is 0 Å². The molecule has 27 heavy (non-hydrogen) atoms. The van der Waals surface area contributed by atoms with Crippen LogP contribution in [0.15, 0.2) is 60.8 Å². The van der Waals surface area contributed by atoms with E-state index in [1.807, 2.05) is 43.4 Å². The molecule has 4 heteroatoms. The van der Waals surface area contributed by atoms with E-state index in [-0.39, 0.29) is 5.97 Å². The van der Waals surface area contributed by atoms with Crippen LogP contribution in [0.1, 0.15) is 45.4 Å². The molecule has 0 saturated carbocycles. The first-order chi connectivity index (χ1) is 13.1. The Labute approximate surface area is 163 Å². The van der Waals surface area contributed by atoms with E-state index in [0.29, 0.717) is 25.7 Å². The number of carbonyl (C=O) groups excluding carboxylic acids is 1. The smallest absolute Gasteiger partial charge is 0.305 e. The summed E-state index contributed by atoms with van der Waals surface area (Å²) in [5, 5.41) is 19.4. The Balaban J connectivity index is 3.91. The third kappa shape index (κ3) is 18.2. The van der Waals surface area contributed by atoms with Gasteiger partial charge in [0, 0.05) is 12.8 Å². The number of methoxy groups -OCH3 is 1. The Morgan fingerprint density at radius 3 is 2.52 bits per heavy atom. The van der Waals surface area contributed by atoms with E-state index in [1.165, 1.54) is 7.11 Å². The van der Waals surface area contributed by atoms with E-state index in [0.717, 1.165) is 12.8 Å². The molecule has 0 aromatic carbocycles. The van der Waals surface area contributed by atoms with Gasteiger partial charge >= 0.3 is 5.97 Å². The lowest BCUT2D eigenvalue weighted by atomic mass is 10.2. The van der Waals surface area contributed by atoms with Gasteiger partial charge in [-0.1, -0.05) is 73.4 Å². The standard InChI is InChI=1S/C23H32O4/c1-3-4-11-16-21(24)18-13-9-10-14-19-22(25)17-12-7-5-6-8-15-20-23(26)27-2/h4,6-12,14,19,21-22,24-25H,3,5,15-17,20H2,1-2H3/b8-6-,10-9+,11-4-,12-7-,19-14+/t21-,22+/m0/s1. The van der Waals surface area contributed by atoms with E-state index < -0.39 is 12.2 Å². The van der Waals surface area contributed by atoms with Gasteiger partial charge in [-0.15, -0.1) is 0 Å². The normalized spacial score (nSPS) is 14.4. The highest BCUT2D eigenvalue weighted by atomic mass is 16.5. The first-order valence-electron chi connectivity index (χ1n) is 9.32. The Morgan fingerprint density at radius 2 is 1.78 bits per heavy atom. The first kappa shape index (κ1) is 24.7. The maximum absolute atomic E-state index is 10.9. The second kappa shape index (κ2) is 18.4. The average molecular weight is 373 g/mol. The quantitative estimate of drug-likeness (QED) is 0.235. The fourth-order valence-corrected chi connectivity index (χ4v) is 1.90. The van der Waals surface area contributed by atoms with Crippen LogP contribution in [0.4, 0.5) is 0 Å². The minimum Gasteiger partial charge on any atom is -0.469 e. The van der Waals surface area contributed by atoms with Crippen molar-refractivity contribution in [3.8, 4) is 11.8 Å². The predicted molar refractivity (Wildman–Crippen MR) is 111 cm³/mol. The summed E-state index contributed by atoms with van der Waals surface area (Å²) in [4.78, 5) is 10.9. The number of ether oxygens (including phenoxy) is 1. The second-order valence-corrected chi connectivity index (χ2v) is 5.76. The molecule has 2 N–H and O–H groups in total. The number of carbonyl (C=O) groups is 1. The number of esters is 1. The lowest BCUT2D eigenvalue weighted by Crippen LogP contribution is -1.99. The molecule has 0 amide bonds. The van der Waals surface area contributed by atoms with Gasteiger partial charge in [-0.25, -0.2) is 0 Å². The molecule has 148 valence electrons. The molecule has 0 heterocycles. The molecular weight excluding hydrogens is 340 g/mol. The summed E-state index contributed by atoms with van der Waals surface area (Å²) in [7, 11) is 1.38. The Hall–Kier alpha value is -2.35. The molecular formula is C23H32O4. The summed E-state index contributed by atoms with van der Waals surface area (Å²) in [6.45, 7) is 2.04. The number of aliphatic hydroxyl groups is 2. The molecule has 0 spiro atoms. The summed E-state index contributed by atoms with van der Waals surface area (Å²) in [6, 6.07) is 0. The van der Waals surface area contributed by atoms with Crippen molar-refractivity contribution in [2.24, 2.45) is 0 Å². The number of hydrogen-bond acceptors (Lipinski definition) is 4. The summed E-state index contributed by atoms with van der Waals surface area (Å²) in [6.07, 6.45) is 21.2. The zero-order chi connectivity index (χ0) is 20.2. The van der Waals surface area contributed by atoms with Crippen molar-refractivity contribution >= 4 is 5.97 Å². The monoisotopic (exact) mass is 372 g/mol. The lowest BCUT2D eigenvalue weighted by molar-refractivity contribution is -0.140. The fraction of sp³-hybridized carbons (Fsp3) is 0.435. The summed E-state index contributed by atoms with van der Waals surface area (Å²) < 4.78 is 4.56. The molecule has 0 aromatic heterocycles. The Kier molecular flexibility index (Phi) is 16.8. The van der Waals surface area contributed by atoms with Gasteiger partial charge in [0.1, 0.15) is 6.10 Å². The first-order valence-corrected chi connectivity index (χ1v) is 9.32. The van der Waals surface area contributed by atoms with Gasteiger partial charge in [-0.3, -0.25) is 4.79 Å². The third-order valence-electron chi connectivity index (χ3n) is 3.36. The van der Waals surface area contributed by atoms with Crippen LogP contribution in [-0.4, -0.2) is 35.5 Å². The fourth-order valence-electron chi connectivity index (χ4n) is 1.90. The van der Waals surface area contributed by atoms with Crippen molar-refractivity contribution in [1.29, 1.82) is 0 Å². The van der Waals surface area contributed by atoms with E-state index in [2.05, 4.69) is 16.6 Å². The van der Waals surface area contributed by atoms with Gasteiger partial charge in [-0.05, 0) is 31.8 Å². The summed E-state index contributed by atoms with van der Waals surface area (Å²) in [5.41, 5.74) is 0. The zero-order valence-electron chi connectivity index (χ0n) is 16.4. The summed E-state index contributed by atoms with van der Waals surface area (Å²) >= 11 is 0. The highest BCUT2D eigenvalue weighted by Crippen LogP contribution is 1.99. The molecule has 0 fully saturated rings.